The van der Waals surface area contributed by atoms with E-state index in [0.717, 1.165) is 0 Å². The Bertz CT molecular complexity index is 519. The highest BCUT2D eigenvalue weighted by Crippen LogP contribution is 2.60. The summed E-state index contributed by atoms with van der Waals surface area (Å²) in [5, 5.41) is 2.79. The highest BCUT2D eigenvalue weighted by Gasteiger charge is 2.55. The van der Waals surface area contributed by atoms with E-state index in [4.69, 9.17) is 0 Å². The summed E-state index contributed by atoms with van der Waals surface area (Å²) >= 11 is 0. The molecule has 1 amide bonds. The average molecular weight is 251 g/mol. The molecule has 2 heteroatoms. The van der Waals surface area contributed by atoms with E-state index in [9.17, 15) is 4.79 Å². The van der Waals surface area contributed by atoms with E-state index in [1.165, 1.54) is 11.1 Å². The van der Waals surface area contributed by atoms with Crippen molar-refractivity contribution >= 4 is 5.91 Å². The Morgan fingerprint density at radius 3 is 1.63 bits per heavy atom. The summed E-state index contributed by atoms with van der Waals surface area (Å²) < 4.78 is 0. The first-order valence-corrected chi connectivity index (χ1v) is 6.64. The number of nitrogens with one attached hydrogen (secondary N) is 1. The van der Waals surface area contributed by atoms with Crippen molar-refractivity contribution in [2.24, 2.45) is 5.92 Å². The molecule has 2 atom stereocenters. The molecule has 19 heavy (non-hydrogen) atoms. The van der Waals surface area contributed by atoms with Crippen LogP contribution in [0.1, 0.15) is 23.0 Å². The first kappa shape index (κ1) is 12.0. The third kappa shape index (κ3) is 2.14. The molecule has 3 rings (SSSR count). The van der Waals surface area contributed by atoms with Crippen LogP contribution >= 0.6 is 0 Å². The summed E-state index contributed by atoms with van der Waals surface area (Å²) in [4.78, 5) is 12.0. The van der Waals surface area contributed by atoms with E-state index in [1.54, 1.807) is 7.05 Å². The smallest absolute Gasteiger partial charge is 0.224 e. The molecule has 0 radical (unpaired) electrons. The van der Waals surface area contributed by atoms with Crippen molar-refractivity contribution in [3.05, 3.63) is 71.8 Å². The van der Waals surface area contributed by atoms with Crippen LogP contribution in [0.3, 0.4) is 0 Å². The minimum atomic E-state index is 0.0646. The van der Waals surface area contributed by atoms with E-state index in [2.05, 4.69) is 29.6 Å². The molecular weight excluding hydrogens is 234 g/mol. The zero-order valence-corrected chi connectivity index (χ0v) is 10.9. The molecule has 2 aromatic carbocycles. The van der Waals surface area contributed by atoms with Gasteiger partial charge in [-0.3, -0.25) is 4.79 Å². The first-order chi connectivity index (χ1) is 9.33. The quantitative estimate of drug-likeness (QED) is 0.893. The second-order valence-electron chi connectivity index (χ2n) is 5.01. The lowest BCUT2D eigenvalue weighted by atomic mass is 10.0. The molecule has 1 saturated carbocycles. The van der Waals surface area contributed by atoms with Gasteiger partial charge in [0.2, 0.25) is 5.91 Å². The summed E-state index contributed by atoms with van der Waals surface area (Å²) in [5.41, 5.74) is 2.51. The summed E-state index contributed by atoms with van der Waals surface area (Å²) in [6, 6.07) is 20.6. The number of carbonyl (C=O) groups excluding carboxylic acids is 1. The van der Waals surface area contributed by atoms with Crippen LogP contribution in [-0.4, -0.2) is 13.0 Å². The molecule has 0 heterocycles. The van der Waals surface area contributed by atoms with Gasteiger partial charge in [-0.15, -0.1) is 0 Å². The Labute approximate surface area is 113 Å². The second-order valence-corrected chi connectivity index (χ2v) is 5.01. The van der Waals surface area contributed by atoms with E-state index in [-0.39, 0.29) is 11.8 Å². The van der Waals surface area contributed by atoms with Crippen LogP contribution < -0.4 is 5.32 Å². The average Bonchev–Trinajstić information content (AvgIpc) is 3.24. The van der Waals surface area contributed by atoms with Crippen LogP contribution in [0.25, 0.3) is 0 Å². The van der Waals surface area contributed by atoms with Crippen LogP contribution in [-0.2, 0) is 4.79 Å². The van der Waals surface area contributed by atoms with Crippen LogP contribution in [0.4, 0.5) is 0 Å². The largest absolute Gasteiger partial charge is 0.359 e. The normalized spacial score (nSPS) is 24.8. The molecule has 96 valence electrons. The van der Waals surface area contributed by atoms with E-state index in [1.807, 2.05) is 36.4 Å². The van der Waals surface area contributed by atoms with E-state index >= 15 is 0 Å². The molecule has 2 aromatic rings. The number of hydrogen-bond donors (Lipinski definition) is 1. The maximum atomic E-state index is 12.0. The third-order valence-corrected chi connectivity index (χ3v) is 3.94. The molecule has 0 bridgehead atoms. The monoisotopic (exact) mass is 251 g/mol. The van der Waals surface area contributed by atoms with Crippen molar-refractivity contribution in [3.8, 4) is 0 Å². The molecular formula is C17H17NO. The van der Waals surface area contributed by atoms with Crippen molar-refractivity contribution in [1.29, 1.82) is 0 Å². The van der Waals surface area contributed by atoms with Crippen LogP contribution in [0.15, 0.2) is 60.7 Å². The molecule has 0 aliphatic heterocycles. The van der Waals surface area contributed by atoms with Gasteiger partial charge in [-0.05, 0) is 11.1 Å². The molecule has 0 aromatic heterocycles. The van der Waals surface area contributed by atoms with Gasteiger partial charge in [0.15, 0.2) is 0 Å². The predicted octanol–water partition coefficient (Wildman–Crippen LogP) is 2.93. The van der Waals surface area contributed by atoms with Crippen molar-refractivity contribution in [2.45, 2.75) is 11.8 Å². The van der Waals surface area contributed by atoms with Gasteiger partial charge in [0, 0.05) is 18.9 Å². The lowest BCUT2D eigenvalue weighted by molar-refractivity contribution is -0.122. The zero-order chi connectivity index (χ0) is 13.2. The fourth-order valence-electron chi connectivity index (χ4n) is 2.98. The van der Waals surface area contributed by atoms with Gasteiger partial charge in [-0.1, -0.05) is 60.7 Å². The maximum Gasteiger partial charge on any atom is 0.224 e. The minimum Gasteiger partial charge on any atom is -0.359 e. The van der Waals surface area contributed by atoms with Gasteiger partial charge in [-0.25, -0.2) is 0 Å². The Balaban J connectivity index is 1.93. The summed E-state index contributed by atoms with van der Waals surface area (Å²) in [6.07, 6.45) is 0. The number of rotatable bonds is 3. The number of carbonyl (C=O) groups is 1. The molecule has 1 fully saturated rings. The Morgan fingerprint density at radius 2 is 1.26 bits per heavy atom. The first-order valence-electron chi connectivity index (χ1n) is 6.64. The highest BCUT2D eigenvalue weighted by atomic mass is 16.2. The number of hydrogen-bond acceptors (Lipinski definition) is 1. The van der Waals surface area contributed by atoms with Gasteiger partial charge in [0.1, 0.15) is 0 Å². The molecule has 0 unspecified atom stereocenters. The van der Waals surface area contributed by atoms with Crippen molar-refractivity contribution in [2.75, 3.05) is 7.05 Å². The highest BCUT2D eigenvalue weighted by molar-refractivity contribution is 5.85. The van der Waals surface area contributed by atoms with E-state index < -0.39 is 0 Å². The maximum absolute atomic E-state index is 12.0. The van der Waals surface area contributed by atoms with E-state index in [0.29, 0.717) is 11.8 Å². The lowest BCUT2D eigenvalue weighted by Gasteiger charge is -1.99. The topological polar surface area (TPSA) is 29.1 Å². The Kier molecular flexibility index (Phi) is 3.08. The molecule has 1 aliphatic carbocycles. The van der Waals surface area contributed by atoms with Gasteiger partial charge >= 0.3 is 0 Å². The molecule has 0 saturated heterocycles. The lowest BCUT2D eigenvalue weighted by Crippen LogP contribution is -2.20. The van der Waals surface area contributed by atoms with Gasteiger partial charge in [0.05, 0.1) is 5.92 Å². The van der Waals surface area contributed by atoms with Crippen LogP contribution in [0.5, 0.6) is 0 Å². The van der Waals surface area contributed by atoms with Crippen molar-refractivity contribution in [1.82, 2.24) is 5.32 Å². The Hall–Kier alpha value is -2.09. The second kappa shape index (κ2) is 4.88. The summed E-state index contributed by atoms with van der Waals surface area (Å²) in [5.74, 6) is 0.824. The van der Waals surface area contributed by atoms with Gasteiger partial charge in [-0.2, -0.15) is 0 Å². The minimum absolute atomic E-state index is 0.0646. The standard InChI is InChI=1S/C17H17NO/c1-18-17(19)16-14(12-8-4-2-5-9-12)15(16)13-10-6-3-7-11-13/h2-11,14-16H,1H3,(H,18,19)/t14-,15-/m1/s1. The van der Waals surface area contributed by atoms with Crippen molar-refractivity contribution < 1.29 is 4.79 Å². The SMILES string of the molecule is CNC(=O)C1[C@H](c2ccccc2)[C@H]1c1ccccc1. The fourth-order valence-corrected chi connectivity index (χ4v) is 2.98. The van der Waals surface area contributed by atoms with Crippen molar-refractivity contribution in [3.63, 3.8) is 0 Å². The third-order valence-electron chi connectivity index (χ3n) is 3.94. The van der Waals surface area contributed by atoms with Gasteiger partial charge < -0.3 is 5.32 Å². The number of benzene rings is 2. The zero-order valence-electron chi connectivity index (χ0n) is 10.9. The molecule has 2 nitrogen and oxygen atoms in total. The molecule has 1 aliphatic rings. The Morgan fingerprint density at radius 1 is 0.842 bits per heavy atom. The molecule has 0 spiro atoms. The van der Waals surface area contributed by atoms with Gasteiger partial charge in [0.25, 0.3) is 0 Å². The summed E-state index contributed by atoms with van der Waals surface area (Å²) in [7, 11) is 1.71. The van der Waals surface area contributed by atoms with Crippen LogP contribution in [0, 0.1) is 5.92 Å². The molecule has 1 N–H and O–H groups in total. The van der Waals surface area contributed by atoms with Crippen LogP contribution in [0.2, 0.25) is 0 Å². The number of amides is 1. The fraction of sp³-hybridized carbons (Fsp3) is 0.235. The summed E-state index contributed by atoms with van der Waals surface area (Å²) in [6.45, 7) is 0. The predicted molar refractivity (Wildman–Crippen MR) is 75.9 cm³/mol.